The molecule has 0 spiro atoms. The van der Waals surface area contributed by atoms with E-state index in [4.69, 9.17) is 10.00 Å². The first kappa shape index (κ1) is 19.2. The molecule has 0 unspecified atom stereocenters. The lowest BCUT2D eigenvalue weighted by molar-refractivity contribution is 0.374. The van der Waals surface area contributed by atoms with Crippen molar-refractivity contribution in [3.63, 3.8) is 0 Å². The van der Waals surface area contributed by atoms with Gasteiger partial charge in [-0.3, -0.25) is 4.68 Å². The standard InChI is InChI=1S/C22H20FN7O/c1-29-11-17(10-28-29)31-22-20-18(14-2-3-15(9-24)19(23)8-14)12-30(21(20)26-13-27-22)16-4-6-25-7-5-16/h2-3,8,10-13,16,25H,4-7H2,1H3. The van der Waals surface area contributed by atoms with Gasteiger partial charge >= 0.3 is 0 Å². The minimum Gasteiger partial charge on any atom is -0.435 e. The van der Waals surface area contributed by atoms with Gasteiger partial charge in [-0.2, -0.15) is 10.4 Å². The molecule has 4 aromatic rings. The van der Waals surface area contributed by atoms with Crippen molar-refractivity contribution in [2.24, 2.45) is 7.05 Å². The third-order valence-electron chi connectivity index (χ3n) is 5.57. The first-order valence-corrected chi connectivity index (χ1v) is 10.1. The lowest BCUT2D eigenvalue weighted by Gasteiger charge is -2.24. The van der Waals surface area contributed by atoms with E-state index in [9.17, 15) is 4.39 Å². The molecule has 1 aliphatic heterocycles. The quantitative estimate of drug-likeness (QED) is 0.546. The Hall–Kier alpha value is -3.77. The van der Waals surface area contributed by atoms with Crippen molar-refractivity contribution in [1.29, 1.82) is 5.26 Å². The highest BCUT2D eigenvalue weighted by Gasteiger charge is 2.24. The van der Waals surface area contributed by atoms with Crippen LogP contribution in [0.1, 0.15) is 24.4 Å². The topological polar surface area (TPSA) is 93.6 Å². The number of aromatic nitrogens is 5. The van der Waals surface area contributed by atoms with E-state index in [-0.39, 0.29) is 11.6 Å². The molecule has 1 aliphatic rings. The molecule has 1 N–H and O–H groups in total. The number of nitrogens with one attached hydrogen (secondary N) is 1. The van der Waals surface area contributed by atoms with Gasteiger partial charge in [0.25, 0.3) is 0 Å². The fraction of sp³-hybridized carbons (Fsp3) is 0.273. The zero-order valence-electron chi connectivity index (χ0n) is 16.9. The molecule has 0 amide bonds. The molecule has 3 aromatic heterocycles. The second-order valence-electron chi connectivity index (χ2n) is 7.57. The summed E-state index contributed by atoms with van der Waals surface area (Å²) in [5, 5.41) is 17.3. The van der Waals surface area contributed by atoms with Gasteiger partial charge in [0.15, 0.2) is 5.75 Å². The Kier molecular flexibility index (Phi) is 4.84. The second kappa shape index (κ2) is 7.81. The number of fused-ring (bicyclic) bond motifs is 1. The molecule has 9 heteroatoms. The fourth-order valence-electron chi connectivity index (χ4n) is 4.05. The lowest BCUT2D eigenvalue weighted by atomic mass is 10.0. The second-order valence-corrected chi connectivity index (χ2v) is 7.57. The summed E-state index contributed by atoms with van der Waals surface area (Å²) in [6, 6.07) is 6.74. The van der Waals surface area contributed by atoms with E-state index < -0.39 is 5.82 Å². The van der Waals surface area contributed by atoms with Gasteiger partial charge in [0.1, 0.15) is 23.9 Å². The number of ether oxygens (including phenoxy) is 1. The van der Waals surface area contributed by atoms with Crippen LogP contribution in [0.2, 0.25) is 0 Å². The van der Waals surface area contributed by atoms with E-state index in [1.165, 1.54) is 18.5 Å². The Bertz CT molecular complexity index is 1300. The molecular weight excluding hydrogens is 397 g/mol. The smallest absolute Gasteiger partial charge is 0.232 e. The Morgan fingerprint density at radius 1 is 1.23 bits per heavy atom. The highest BCUT2D eigenvalue weighted by atomic mass is 19.1. The van der Waals surface area contributed by atoms with E-state index in [0.717, 1.165) is 37.1 Å². The van der Waals surface area contributed by atoms with E-state index in [1.807, 2.05) is 12.3 Å². The summed E-state index contributed by atoms with van der Waals surface area (Å²) >= 11 is 0. The van der Waals surface area contributed by atoms with Gasteiger partial charge in [0, 0.05) is 24.8 Å². The predicted molar refractivity (Wildman–Crippen MR) is 112 cm³/mol. The molecule has 5 rings (SSSR count). The van der Waals surface area contributed by atoms with Gasteiger partial charge in [-0.25, -0.2) is 14.4 Å². The summed E-state index contributed by atoms with van der Waals surface area (Å²) in [4.78, 5) is 8.92. The van der Waals surface area contributed by atoms with Gasteiger partial charge < -0.3 is 14.6 Å². The van der Waals surface area contributed by atoms with Crippen LogP contribution in [0.4, 0.5) is 4.39 Å². The SMILES string of the molecule is Cn1cc(Oc2ncnc3c2c(-c2ccc(C#N)c(F)c2)cn3C2CCNCC2)cn1. The van der Waals surface area contributed by atoms with E-state index >= 15 is 0 Å². The monoisotopic (exact) mass is 417 g/mol. The van der Waals surface area contributed by atoms with Gasteiger partial charge in [-0.05, 0) is 43.6 Å². The van der Waals surface area contributed by atoms with E-state index in [2.05, 4.69) is 25.0 Å². The normalized spacial score (nSPS) is 14.6. The summed E-state index contributed by atoms with van der Waals surface area (Å²) in [7, 11) is 1.81. The number of hydrogen-bond acceptors (Lipinski definition) is 6. The molecule has 1 aromatic carbocycles. The summed E-state index contributed by atoms with van der Waals surface area (Å²) < 4.78 is 24.3. The van der Waals surface area contributed by atoms with Crippen LogP contribution in [0.15, 0.2) is 43.1 Å². The van der Waals surface area contributed by atoms with Crippen LogP contribution in [-0.2, 0) is 7.05 Å². The number of benzene rings is 1. The molecule has 0 saturated carbocycles. The van der Waals surface area contributed by atoms with Crippen LogP contribution in [0.25, 0.3) is 22.2 Å². The molecule has 156 valence electrons. The molecular formula is C22H20FN7O. The largest absolute Gasteiger partial charge is 0.435 e. The summed E-state index contributed by atoms with van der Waals surface area (Å²) in [5.41, 5.74) is 2.14. The van der Waals surface area contributed by atoms with Gasteiger partial charge in [0.05, 0.1) is 23.3 Å². The van der Waals surface area contributed by atoms with Crippen LogP contribution in [-0.4, -0.2) is 37.4 Å². The molecule has 0 atom stereocenters. The Labute approximate surface area is 177 Å². The first-order chi connectivity index (χ1) is 15.1. The highest BCUT2D eigenvalue weighted by molar-refractivity contribution is 5.98. The fourth-order valence-corrected chi connectivity index (χ4v) is 4.05. The number of nitriles is 1. The average Bonchev–Trinajstić information content (AvgIpc) is 3.38. The zero-order chi connectivity index (χ0) is 21.4. The van der Waals surface area contributed by atoms with E-state index in [1.54, 1.807) is 30.2 Å². The van der Waals surface area contributed by atoms with Crippen LogP contribution in [0.5, 0.6) is 11.6 Å². The third kappa shape index (κ3) is 3.51. The molecule has 0 radical (unpaired) electrons. The average molecular weight is 417 g/mol. The van der Waals surface area contributed by atoms with Gasteiger partial charge in [-0.1, -0.05) is 6.07 Å². The maximum absolute atomic E-state index is 14.4. The van der Waals surface area contributed by atoms with Crippen molar-refractivity contribution in [3.05, 3.63) is 54.5 Å². The minimum atomic E-state index is -0.561. The summed E-state index contributed by atoms with van der Waals surface area (Å²) in [6.45, 7) is 1.85. The van der Waals surface area contributed by atoms with Crippen LogP contribution in [0.3, 0.4) is 0 Å². The maximum Gasteiger partial charge on any atom is 0.232 e. The first-order valence-electron chi connectivity index (χ1n) is 10.1. The van der Waals surface area contributed by atoms with Gasteiger partial charge in [-0.15, -0.1) is 0 Å². The minimum absolute atomic E-state index is 0.00827. The molecule has 1 saturated heterocycles. The summed E-state index contributed by atoms with van der Waals surface area (Å²) in [5.74, 6) is 0.369. The van der Waals surface area contributed by atoms with Crippen LogP contribution in [0, 0.1) is 17.1 Å². The van der Waals surface area contributed by atoms with Crippen molar-refractivity contribution >= 4 is 11.0 Å². The third-order valence-corrected chi connectivity index (χ3v) is 5.57. The van der Waals surface area contributed by atoms with Crippen molar-refractivity contribution in [2.75, 3.05) is 13.1 Å². The Morgan fingerprint density at radius 2 is 2.06 bits per heavy atom. The van der Waals surface area contributed by atoms with Crippen molar-refractivity contribution < 1.29 is 9.13 Å². The lowest BCUT2D eigenvalue weighted by Crippen LogP contribution is -2.29. The number of hydrogen-bond donors (Lipinski definition) is 1. The molecule has 8 nitrogen and oxygen atoms in total. The molecule has 4 heterocycles. The van der Waals surface area contributed by atoms with Crippen molar-refractivity contribution in [3.8, 4) is 28.8 Å². The van der Waals surface area contributed by atoms with Gasteiger partial charge in [0.2, 0.25) is 5.88 Å². The summed E-state index contributed by atoms with van der Waals surface area (Å²) in [6.07, 6.45) is 8.76. The van der Waals surface area contributed by atoms with Crippen molar-refractivity contribution in [2.45, 2.75) is 18.9 Å². The molecule has 31 heavy (non-hydrogen) atoms. The Balaban J connectivity index is 1.70. The maximum atomic E-state index is 14.4. The van der Waals surface area contributed by atoms with Crippen molar-refractivity contribution in [1.82, 2.24) is 29.6 Å². The number of piperidine rings is 1. The molecule has 1 fully saturated rings. The van der Waals surface area contributed by atoms with Crippen LogP contribution >= 0.6 is 0 Å². The number of halogens is 1. The molecule has 0 aliphatic carbocycles. The van der Waals surface area contributed by atoms with Crippen LogP contribution < -0.4 is 10.1 Å². The van der Waals surface area contributed by atoms with E-state index in [0.29, 0.717) is 22.6 Å². The number of nitrogens with zero attached hydrogens (tertiary/aromatic N) is 6. The molecule has 0 bridgehead atoms. The Morgan fingerprint density at radius 3 is 2.77 bits per heavy atom. The predicted octanol–water partition coefficient (Wildman–Crippen LogP) is 3.56. The zero-order valence-corrected chi connectivity index (χ0v) is 16.9. The number of aryl methyl sites for hydroxylation is 1. The number of rotatable bonds is 4. The highest BCUT2D eigenvalue weighted by Crippen LogP contribution is 2.39.